The monoisotopic (exact) mass is 440 g/mol. The minimum Gasteiger partial charge on any atom is -0.468 e. The highest BCUT2D eigenvalue weighted by Gasteiger charge is 2.19. The van der Waals surface area contributed by atoms with E-state index in [4.69, 9.17) is 15.0 Å². The quantitative estimate of drug-likeness (QED) is 0.467. The van der Waals surface area contributed by atoms with E-state index in [1.165, 1.54) is 0 Å². The van der Waals surface area contributed by atoms with E-state index in [-0.39, 0.29) is 6.03 Å². The lowest BCUT2D eigenvalue weighted by Gasteiger charge is -2.22. The largest absolute Gasteiger partial charge is 0.468 e. The molecule has 0 saturated heterocycles. The maximum absolute atomic E-state index is 12.2. The van der Waals surface area contributed by atoms with Gasteiger partial charge in [0.25, 0.3) is 0 Å². The number of aromatic nitrogens is 3. The van der Waals surface area contributed by atoms with Gasteiger partial charge in [0.1, 0.15) is 0 Å². The molecular formula is C25H24N6O2. The number of nitrogens with zero attached hydrogens (tertiary/aromatic N) is 6. The third-order valence-corrected chi connectivity index (χ3v) is 5.36. The van der Waals surface area contributed by atoms with Crippen molar-refractivity contribution in [2.24, 2.45) is 0 Å². The first kappa shape index (κ1) is 21.8. The highest BCUT2D eigenvalue weighted by Crippen LogP contribution is 2.36. The molecule has 0 unspecified atom stereocenters. The van der Waals surface area contributed by atoms with Gasteiger partial charge in [0.2, 0.25) is 0 Å². The Morgan fingerprint density at radius 1 is 1.06 bits per heavy atom. The van der Waals surface area contributed by atoms with E-state index in [2.05, 4.69) is 11.1 Å². The summed E-state index contributed by atoms with van der Waals surface area (Å²) in [7, 11) is 6.82. The third-order valence-electron chi connectivity index (χ3n) is 5.36. The summed E-state index contributed by atoms with van der Waals surface area (Å²) >= 11 is 0. The second kappa shape index (κ2) is 9.01. The number of nitriles is 1. The van der Waals surface area contributed by atoms with Crippen LogP contribution in [0.5, 0.6) is 6.01 Å². The number of hydrogen-bond acceptors (Lipinski definition) is 5. The minimum atomic E-state index is -0.0550. The number of rotatable bonds is 5. The van der Waals surface area contributed by atoms with E-state index < -0.39 is 0 Å². The van der Waals surface area contributed by atoms with Crippen LogP contribution in [0, 0.1) is 11.3 Å². The average molecular weight is 441 g/mol. The first-order valence-corrected chi connectivity index (χ1v) is 10.4. The molecule has 166 valence electrons. The number of ether oxygens (including phenoxy) is 1. The van der Waals surface area contributed by atoms with E-state index in [0.717, 1.165) is 22.3 Å². The summed E-state index contributed by atoms with van der Waals surface area (Å²) in [4.78, 5) is 24.7. The highest BCUT2D eigenvalue weighted by atomic mass is 16.5. The predicted molar refractivity (Wildman–Crippen MR) is 126 cm³/mol. The number of imidazole rings is 1. The van der Waals surface area contributed by atoms with Gasteiger partial charge in [0.05, 0.1) is 30.0 Å². The Kier molecular flexibility index (Phi) is 5.96. The van der Waals surface area contributed by atoms with Crippen molar-refractivity contribution >= 4 is 11.7 Å². The standard InChI is InChI=1S/C25H24N6O2/c1-29(2)25(32)30(3)16-18-7-9-19(10-8-18)21-22(20-11-5-17(15-26)6-12-20)28-24(33-4)31-14-13-27-23(21)31/h5-14H,16H2,1-4H3. The summed E-state index contributed by atoms with van der Waals surface area (Å²) in [6.45, 7) is 0.499. The van der Waals surface area contributed by atoms with E-state index in [1.807, 2.05) is 42.6 Å². The van der Waals surface area contributed by atoms with Crippen molar-refractivity contribution < 1.29 is 9.53 Å². The van der Waals surface area contributed by atoms with Crippen molar-refractivity contribution in [1.82, 2.24) is 24.2 Å². The van der Waals surface area contributed by atoms with Crippen LogP contribution in [-0.2, 0) is 6.54 Å². The lowest BCUT2D eigenvalue weighted by molar-refractivity contribution is 0.180. The van der Waals surface area contributed by atoms with Gasteiger partial charge >= 0.3 is 12.0 Å². The second-order valence-corrected chi connectivity index (χ2v) is 7.86. The number of carbonyl (C=O) groups excluding carboxylic acids is 1. The average Bonchev–Trinajstić information content (AvgIpc) is 3.33. The van der Waals surface area contributed by atoms with Crippen LogP contribution in [0.4, 0.5) is 4.79 Å². The van der Waals surface area contributed by atoms with Crippen LogP contribution in [0.1, 0.15) is 11.1 Å². The van der Waals surface area contributed by atoms with Crippen LogP contribution in [0.15, 0.2) is 60.9 Å². The summed E-state index contributed by atoms with van der Waals surface area (Å²) in [5, 5.41) is 9.15. The van der Waals surface area contributed by atoms with Gasteiger partial charge in [-0.05, 0) is 23.3 Å². The molecule has 0 N–H and O–H groups in total. The molecule has 8 heteroatoms. The Morgan fingerprint density at radius 2 is 1.73 bits per heavy atom. The number of benzene rings is 2. The summed E-state index contributed by atoms with van der Waals surface area (Å²) < 4.78 is 7.31. The summed E-state index contributed by atoms with van der Waals surface area (Å²) in [5.74, 6) is 0. The van der Waals surface area contributed by atoms with Gasteiger partial charge in [0.15, 0.2) is 5.65 Å². The molecule has 0 fully saturated rings. The predicted octanol–water partition coefficient (Wildman–Crippen LogP) is 4.06. The van der Waals surface area contributed by atoms with Crippen LogP contribution < -0.4 is 4.74 Å². The Morgan fingerprint density at radius 3 is 2.33 bits per heavy atom. The van der Waals surface area contributed by atoms with E-state index in [1.54, 1.807) is 60.8 Å². The Labute approximate surface area is 192 Å². The first-order chi connectivity index (χ1) is 15.9. The van der Waals surface area contributed by atoms with Crippen molar-refractivity contribution in [3.63, 3.8) is 0 Å². The number of hydrogen-bond donors (Lipinski definition) is 0. The van der Waals surface area contributed by atoms with Crippen molar-refractivity contribution in [3.8, 4) is 34.5 Å². The molecule has 0 saturated carbocycles. The van der Waals surface area contributed by atoms with Gasteiger partial charge in [-0.15, -0.1) is 0 Å². The molecule has 0 spiro atoms. The number of fused-ring (bicyclic) bond motifs is 1. The molecule has 0 radical (unpaired) electrons. The Balaban J connectivity index is 1.80. The van der Waals surface area contributed by atoms with Gasteiger partial charge < -0.3 is 14.5 Å². The lowest BCUT2D eigenvalue weighted by atomic mass is 9.98. The zero-order valence-corrected chi connectivity index (χ0v) is 19.0. The molecule has 2 aromatic heterocycles. The van der Waals surface area contributed by atoms with Crippen molar-refractivity contribution in [1.29, 1.82) is 5.26 Å². The summed E-state index contributed by atoms with van der Waals surface area (Å²) in [6.07, 6.45) is 3.52. The van der Waals surface area contributed by atoms with Crippen molar-refractivity contribution in [2.45, 2.75) is 6.54 Å². The molecule has 0 aliphatic carbocycles. The third kappa shape index (κ3) is 4.21. The van der Waals surface area contributed by atoms with E-state index >= 15 is 0 Å². The number of carbonyl (C=O) groups is 1. The van der Waals surface area contributed by atoms with Crippen LogP contribution in [0.3, 0.4) is 0 Å². The van der Waals surface area contributed by atoms with Crippen molar-refractivity contribution in [3.05, 3.63) is 72.1 Å². The molecule has 2 heterocycles. The van der Waals surface area contributed by atoms with E-state index in [0.29, 0.717) is 29.5 Å². The zero-order chi connectivity index (χ0) is 23.5. The van der Waals surface area contributed by atoms with Crippen LogP contribution >= 0.6 is 0 Å². The molecule has 2 aromatic carbocycles. The van der Waals surface area contributed by atoms with Gasteiger partial charge in [-0.1, -0.05) is 36.4 Å². The molecule has 0 aliphatic rings. The van der Waals surface area contributed by atoms with Gasteiger partial charge in [-0.25, -0.2) is 9.78 Å². The van der Waals surface area contributed by atoms with Crippen LogP contribution in [-0.4, -0.2) is 58.5 Å². The zero-order valence-electron chi connectivity index (χ0n) is 19.0. The SMILES string of the molecule is COc1nc(-c2ccc(C#N)cc2)c(-c2ccc(CN(C)C(=O)N(C)C)cc2)c2nccn12. The first-order valence-electron chi connectivity index (χ1n) is 10.4. The smallest absolute Gasteiger partial charge is 0.319 e. The number of methoxy groups -OCH3 is 1. The Bertz CT molecular complexity index is 1330. The second-order valence-electron chi connectivity index (χ2n) is 7.86. The van der Waals surface area contributed by atoms with Gasteiger partial charge in [-0.2, -0.15) is 10.2 Å². The normalized spacial score (nSPS) is 10.6. The maximum Gasteiger partial charge on any atom is 0.319 e. The Hall–Kier alpha value is -4.38. The van der Waals surface area contributed by atoms with Crippen molar-refractivity contribution in [2.75, 3.05) is 28.3 Å². The fourth-order valence-electron chi connectivity index (χ4n) is 3.74. The molecule has 2 amide bonds. The molecule has 0 aliphatic heterocycles. The highest BCUT2D eigenvalue weighted by molar-refractivity contribution is 5.90. The number of amides is 2. The van der Waals surface area contributed by atoms with Gasteiger partial charge in [0, 0.05) is 45.6 Å². The molecule has 33 heavy (non-hydrogen) atoms. The lowest BCUT2D eigenvalue weighted by Crippen LogP contribution is -2.35. The molecule has 0 bridgehead atoms. The molecule has 4 aromatic rings. The fraction of sp³-hybridized carbons (Fsp3) is 0.200. The molecular weight excluding hydrogens is 416 g/mol. The summed E-state index contributed by atoms with van der Waals surface area (Å²) in [5.41, 5.74) is 5.66. The molecule has 8 nitrogen and oxygen atoms in total. The van der Waals surface area contributed by atoms with Gasteiger partial charge in [-0.3, -0.25) is 4.40 Å². The topological polar surface area (TPSA) is 86.8 Å². The van der Waals surface area contributed by atoms with Crippen LogP contribution in [0.2, 0.25) is 0 Å². The summed E-state index contributed by atoms with van der Waals surface area (Å²) in [6, 6.07) is 17.8. The number of urea groups is 1. The fourth-order valence-corrected chi connectivity index (χ4v) is 3.74. The van der Waals surface area contributed by atoms with Crippen LogP contribution in [0.25, 0.3) is 28.0 Å². The molecule has 0 atom stereocenters. The minimum absolute atomic E-state index is 0.0550. The van der Waals surface area contributed by atoms with E-state index in [9.17, 15) is 4.79 Å². The maximum atomic E-state index is 12.2. The molecule has 4 rings (SSSR count).